The molecule has 2 rings (SSSR count). The zero-order valence-electron chi connectivity index (χ0n) is 10.7. The van der Waals surface area contributed by atoms with Gasteiger partial charge in [-0.3, -0.25) is 0 Å². The molecule has 0 heterocycles. The van der Waals surface area contributed by atoms with Crippen molar-refractivity contribution in [1.82, 2.24) is 0 Å². The zero-order valence-corrected chi connectivity index (χ0v) is 10.7. The molecule has 0 N–H and O–H groups in total. The van der Waals surface area contributed by atoms with E-state index >= 15 is 0 Å². The molecule has 0 aromatic heterocycles. The minimum absolute atomic E-state index is 0.0867. The third-order valence-corrected chi connectivity index (χ3v) is 3.14. The Morgan fingerprint density at radius 3 is 2.63 bits per heavy atom. The summed E-state index contributed by atoms with van der Waals surface area (Å²) >= 11 is 0. The lowest BCUT2D eigenvalue weighted by molar-refractivity contribution is -0.139. The average molecular weight is 271 g/mol. The Bertz CT molecular complexity index is 452. The standard InChI is InChI=1S/C14H16F3NO/c1-18-9-8-12(10-6-7-10)19-13-5-3-2-4-11(13)14(15,16)17/h2-5,9-10,12H,6-8H2,1H3/b18-9+. The van der Waals surface area contributed by atoms with Gasteiger partial charge in [-0.1, -0.05) is 12.1 Å². The number of aliphatic imine (C=N–C) groups is 1. The normalized spacial score (nSPS) is 17.7. The van der Waals surface area contributed by atoms with Crippen LogP contribution >= 0.6 is 0 Å². The van der Waals surface area contributed by atoms with E-state index in [2.05, 4.69) is 4.99 Å². The van der Waals surface area contributed by atoms with E-state index < -0.39 is 11.7 Å². The smallest absolute Gasteiger partial charge is 0.419 e. The van der Waals surface area contributed by atoms with Gasteiger partial charge in [0.25, 0.3) is 0 Å². The Labute approximate surface area is 110 Å². The van der Waals surface area contributed by atoms with Crippen LogP contribution < -0.4 is 4.74 Å². The van der Waals surface area contributed by atoms with Gasteiger partial charge in [0.05, 0.1) is 5.56 Å². The van der Waals surface area contributed by atoms with Crippen LogP contribution in [0.25, 0.3) is 0 Å². The Kier molecular flexibility index (Phi) is 4.12. The second-order valence-corrected chi connectivity index (χ2v) is 4.66. The molecule has 0 amide bonds. The monoisotopic (exact) mass is 271 g/mol. The summed E-state index contributed by atoms with van der Waals surface area (Å²) in [7, 11) is 1.65. The molecule has 104 valence electrons. The van der Waals surface area contributed by atoms with Gasteiger partial charge in [-0.25, -0.2) is 0 Å². The fourth-order valence-electron chi connectivity index (χ4n) is 1.98. The lowest BCUT2D eigenvalue weighted by Crippen LogP contribution is -2.21. The molecule has 1 atom stereocenters. The highest BCUT2D eigenvalue weighted by atomic mass is 19.4. The molecule has 0 radical (unpaired) electrons. The molecule has 1 aromatic rings. The van der Waals surface area contributed by atoms with Gasteiger partial charge in [0, 0.05) is 19.7 Å². The summed E-state index contributed by atoms with van der Waals surface area (Å²) in [6.45, 7) is 0. The molecule has 5 heteroatoms. The lowest BCUT2D eigenvalue weighted by atomic mass is 10.1. The predicted octanol–water partition coefficient (Wildman–Crippen LogP) is 3.95. The Morgan fingerprint density at radius 2 is 2.05 bits per heavy atom. The highest BCUT2D eigenvalue weighted by Crippen LogP contribution is 2.40. The van der Waals surface area contributed by atoms with Crippen LogP contribution in [0.15, 0.2) is 29.3 Å². The Morgan fingerprint density at radius 1 is 1.37 bits per heavy atom. The van der Waals surface area contributed by atoms with E-state index in [0.29, 0.717) is 12.3 Å². The molecule has 0 aliphatic heterocycles. The molecular formula is C14H16F3NO. The predicted molar refractivity (Wildman–Crippen MR) is 67.6 cm³/mol. The van der Waals surface area contributed by atoms with Crippen molar-refractivity contribution in [1.29, 1.82) is 0 Å². The van der Waals surface area contributed by atoms with Crippen molar-refractivity contribution in [2.45, 2.75) is 31.5 Å². The molecule has 1 fully saturated rings. The summed E-state index contributed by atoms with van der Waals surface area (Å²) < 4.78 is 44.2. The van der Waals surface area contributed by atoms with E-state index in [9.17, 15) is 13.2 Å². The third-order valence-electron chi connectivity index (χ3n) is 3.14. The average Bonchev–Trinajstić information content (AvgIpc) is 3.18. The maximum atomic E-state index is 12.9. The first-order chi connectivity index (χ1) is 9.02. The summed E-state index contributed by atoms with van der Waals surface area (Å²) in [5.74, 6) is 0.260. The Hall–Kier alpha value is -1.52. The first-order valence-corrected chi connectivity index (χ1v) is 6.26. The summed E-state index contributed by atoms with van der Waals surface area (Å²) in [5, 5.41) is 0. The molecule has 19 heavy (non-hydrogen) atoms. The number of nitrogens with zero attached hydrogens (tertiary/aromatic N) is 1. The quantitative estimate of drug-likeness (QED) is 0.743. The van der Waals surface area contributed by atoms with Gasteiger partial charge in [0.1, 0.15) is 11.9 Å². The first-order valence-electron chi connectivity index (χ1n) is 6.26. The maximum absolute atomic E-state index is 12.9. The Balaban J connectivity index is 2.16. The van der Waals surface area contributed by atoms with Gasteiger partial charge < -0.3 is 9.73 Å². The highest BCUT2D eigenvalue weighted by molar-refractivity contribution is 5.58. The van der Waals surface area contributed by atoms with Gasteiger partial charge in [-0.15, -0.1) is 0 Å². The second kappa shape index (κ2) is 5.63. The van der Waals surface area contributed by atoms with Crippen molar-refractivity contribution in [2.75, 3.05) is 7.05 Å². The largest absolute Gasteiger partial charge is 0.489 e. The number of benzene rings is 1. The van der Waals surface area contributed by atoms with Crippen LogP contribution in [0.4, 0.5) is 13.2 Å². The first kappa shape index (κ1) is 13.9. The zero-order chi connectivity index (χ0) is 13.9. The number of alkyl halides is 3. The van der Waals surface area contributed by atoms with Crippen LogP contribution in [-0.2, 0) is 6.18 Å². The van der Waals surface area contributed by atoms with E-state index in [1.54, 1.807) is 19.3 Å². The van der Waals surface area contributed by atoms with Gasteiger partial charge in [0.15, 0.2) is 0 Å². The van der Waals surface area contributed by atoms with Gasteiger partial charge in [0.2, 0.25) is 0 Å². The third kappa shape index (κ3) is 3.72. The molecule has 0 spiro atoms. The van der Waals surface area contributed by atoms with Gasteiger partial charge in [-0.2, -0.15) is 13.2 Å². The highest BCUT2D eigenvalue weighted by Gasteiger charge is 2.37. The van der Waals surface area contributed by atoms with E-state index in [4.69, 9.17) is 4.74 Å². The summed E-state index contributed by atoms with van der Waals surface area (Å²) in [4.78, 5) is 3.87. The molecule has 1 aliphatic carbocycles. The van der Waals surface area contributed by atoms with Crippen LogP contribution in [-0.4, -0.2) is 19.4 Å². The minimum Gasteiger partial charge on any atom is -0.489 e. The molecule has 2 nitrogen and oxygen atoms in total. The molecule has 0 bridgehead atoms. The number of para-hydroxylation sites is 1. The van der Waals surface area contributed by atoms with Crippen LogP contribution in [0.5, 0.6) is 5.75 Å². The minimum atomic E-state index is -4.39. The van der Waals surface area contributed by atoms with Crippen molar-refractivity contribution >= 4 is 6.21 Å². The molecule has 0 saturated heterocycles. The molecule has 1 aromatic carbocycles. The number of hydrogen-bond donors (Lipinski definition) is 0. The molecular weight excluding hydrogens is 255 g/mol. The summed E-state index contributed by atoms with van der Waals surface area (Å²) in [6.07, 6.45) is -0.338. The van der Waals surface area contributed by atoms with Crippen LogP contribution in [0.3, 0.4) is 0 Å². The topological polar surface area (TPSA) is 21.6 Å². The van der Waals surface area contributed by atoms with Gasteiger partial charge >= 0.3 is 6.18 Å². The van der Waals surface area contributed by atoms with Crippen molar-refractivity contribution < 1.29 is 17.9 Å². The fraction of sp³-hybridized carbons (Fsp3) is 0.500. The SMILES string of the molecule is C/N=C/CC(Oc1ccccc1C(F)(F)F)C1CC1. The van der Waals surface area contributed by atoms with E-state index in [0.717, 1.165) is 18.9 Å². The fourth-order valence-corrected chi connectivity index (χ4v) is 1.98. The van der Waals surface area contributed by atoms with Crippen LogP contribution in [0.1, 0.15) is 24.8 Å². The van der Waals surface area contributed by atoms with Crippen molar-refractivity contribution in [3.05, 3.63) is 29.8 Å². The van der Waals surface area contributed by atoms with E-state index in [-0.39, 0.29) is 11.9 Å². The van der Waals surface area contributed by atoms with E-state index in [1.807, 2.05) is 0 Å². The van der Waals surface area contributed by atoms with Crippen LogP contribution in [0.2, 0.25) is 0 Å². The summed E-state index contributed by atoms with van der Waals surface area (Å²) in [6, 6.07) is 5.35. The maximum Gasteiger partial charge on any atom is 0.419 e. The van der Waals surface area contributed by atoms with Crippen molar-refractivity contribution in [2.24, 2.45) is 10.9 Å². The van der Waals surface area contributed by atoms with Crippen LogP contribution in [0, 0.1) is 5.92 Å². The number of ether oxygens (including phenoxy) is 1. The second-order valence-electron chi connectivity index (χ2n) is 4.66. The molecule has 1 saturated carbocycles. The summed E-state index contributed by atoms with van der Waals surface area (Å²) in [5.41, 5.74) is -0.714. The number of halogens is 3. The number of rotatable bonds is 5. The van der Waals surface area contributed by atoms with E-state index in [1.165, 1.54) is 12.1 Å². The van der Waals surface area contributed by atoms with Crippen molar-refractivity contribution in [3.8, 4) is 5.75 Å². The molecule has 1 unspecified atom stereocenters. The number of hydrogen-bond acceptors (Lipinski definition) is 2. The molecule has 1 aliphatic rings. The lowest BCUT2D eigenvalue weighted by Gasteiger charge is -2.20. The van der Waals surface area contributed by atoms with Gasteiger partial charge in [-0.05, 0) is 30.9 Å². The van der Waals surface area contributed by atoms with Crippen molar-refractivity contribution in [3.63, 3.8) is 0 Å².